The summed E-state index contributed by atoms with van der Waals surface area (Å²) in [6.07, 6.45) is 8.75. The van der Waals surface area contributed by atoms with Crippen molar-refractivity contribution in [3.8, 4) is 0 Å². The number of amides is 2. The van der Waals surface area contributed by atoms with Crippen LogP contribution < -0.4 is 0 Å². The fourth-order valence-corrected chi connectivity index (χ4v) is 6.07. The molecule has 2 amide bonds. The summed E-state index contributed by atoms with van der Waals surface area (Å²) < 4.78 is 0. The van der Waals surface area contributed by atoms with Gasteiger partial charge in [0.25, 0.3) is 11.8 Å². The van der Waals surface area contributed by atoms with Crippen LogP contribution in [0.3, 0.4) is 0 Å². The Balaban J connectivity index is 1.77. The fourth-order valence-electron chi connectivity index (χ4n) is 4.54. The van der Waals surface area contributed by atoms with Crippen LogP contribution in [0.2, 0.25) is 0 Å². The van der Waals surface area contributed by atoms with Gasteiger partial charge < -0.3 is 9.80 Å². The second-order valence-electron chi connectivity index (χ2n) is 8.44. The molecule has 0 bridgehead atoms. The van der Waals surface area contributed by atoms with E-state index in [-0.39, 0.29) is 11.8 Å². The van der Waals surface area contributed by atoms with Crippen molar-refractivity contribution in [3.63, 3.8) is 0 Å². The average Bonchev–Trinajstić information content (AvgIpc) is 3.57. The van der Waals surface area contributed by atoms with E-state index >= 15 is 0 Å². The predicted octanol–water partition coefficient (Wildman–Crippen LogP) is 6.78. The standard InChI is InChI=1S/C26H32N2O2S2/c1-3-5-7-9-15-27-23-21(19-13-11-17-31-19)26(30)28(16-10-8-6-4-2)24(23)22(25(27)29)20-14-12-18-32-20/h11-14,17-18H,3-10,15-16H2,1-2H3. The van der Waals surface area contributed by atoms with Crippen LogP contribution in [0.15, 0.2) is 46.4 Å². The van der Waals surface area contributed by atoms with Gasteiger partial charge in [0.1, 0.15) is 0 Å². The third-order valence-corrected chi connectivity index (χ3v) is 7.94. The van der Waals surface area contributed by atoms with Gasteiger partial charge in [-0.25, -0.2) is 0 Å². The molecule has 2 aliphatic heterocycles. The largest absolute Gasteiger partial charge is 0.305 e. The van der Waals surface area contributed by atoms with Crippen LogP contribution in [0.1, 0.15) is 75.0 Å². The van der Waals surface area contributed by atoms with Crippen LogP contribution in [0.4, 0.5) is 0 Å². The van der Waals surface area contributed by atoms with Gasteiger partial charge in [-0.3, -0.25) is 9.59 Å². The Labute approximate surface area is 199 Å². The molecular weight excluding hydrogens is 436 g/mol. The number of thiophene rings is 2. The second kappa shape index (κ2) is 10.6. The molecule has 2 aliphatic rings. The molecule has 4 heterocycles. The number of rotatable bonds is 12. The summed E-state index contributed by atoms with van der Waals surface area (Å²) in [6, 6.07) is 7.98. The lowest BCUT2D eigenvalue weighted by Crippen LogP contribution is -2.28. The molecule has 0 radical (unpaired) electrons. The van der Waals surface area contributed by atoms with Gasteiger partial charge in [0, 0.05) is 22.8 Å². The van der Waals surface area contributed by atoms with Crippen molar-refractivity contribution in [2.24, 2.45) is 0 Å². The molecule has 0 unspecified atom stereocenters. The monoisotopic (exact) mass is 468 g/mol. The molecular formula is C26H32N2O2S2. The molecule has 0 N–H and O–H groups in total. The van der Waals surface area contributed by atoms with Crippen LogP contribution in [0.25, 0.3) is 11.1 Å². The lowest BCUT2D eigenvalue weighted by Gasteiger charge is -2.20. The summed E-state index contributed by atoms with van der Waals surface area (Å²) in [5.41, 5.74) is 3.11. The lowest BCUT2D eigenvalue weighted by molar-refractivity contribution is -0.122. The Kier molecular flexibility index (Phi) is 7.63. The summed E-state index contributed by atoms with van der Waals surface area (Å²) in [6.45, 7) is 5.72. The topological polar surface area (TPSA) is 40.6 Å². The van der Waals surface area contributed by atoms with Crippen molar-refractivity contribution in [1.82, 2.24) is 9.80 Å². The Hall–Kier alpha value is -2.18. The first kappa shape index (κ1) is 23.0. The zero-order chi connectivity index (χ0) is 22.5. The highest BCUT2D eigenvalue weighted by molar-refractivity contribution is 7.12. The third-order valence-electron chi connectivity index (χ3n) is 6.16. The van der Waals surface area contributed by atoms with Gasteiger partial charge in [0.15, 0.2) is 0 Å². The molecule has 6 heteroatoms. The van der Waals surface area contributed by atoms with E-state index in [1.165, 1.54) is 12.8 Å². The van der Waals surface area contributed by atoms with Crippen molar-refractivity contribution < 1.29 is 9.59 Å². The van der Waals surface area contributed by atoms with E-state index in [1.54, 1.807) is 22.7 Å². The van der Waals surface area contributed by atoms with Gasteiger partial charge in [0.2, 0.25) is 0 Å². The number of hydrogen-bond acceptors (Lipinski definition) is 4. The number of carbonyl (C=O) groups is 2. The average molecular weight is 469 g/mol. The first-order valence-corrected chi connectivity index (χ1v) is 13.6. The second-order valence-corrected chi connectivity index (χ2v) is 10.3. The van der Waals surface area contributed by atoms with E-state index in [1.807, 2.05) is 44.8 Å². The van der Waals surface area contributed by atoms with E-state index in [2.05, 4.69) is 13.8 Å². The smallest absolute Gasteiger partial charge is 0.262 e. The Bertz CT molecular complexity index is 921. The van der Waals surface area contributed by atoms with E-state index in [4.69, 9.17) is 0 Å². The quantitative estimate of drug-likeness (QED) is 0.322. The molecule has 0 atom stereocenters. The summed E-state index contributed by atoms with van der Waals surface area (Å²) in [4.78, 5) is 33.2. The van der Waals surface area contributed by atoms with Crippen molar-refractivity contribution >= 4 is 45.6 Å². The SMILES string of the molecule is CCCCCCN1C(=O)C(c2cccs2)=C2C1=C(c1cccs1)C(=O)N2CCCCCC. The van der Waals surface area contributed by atoms with E-state index in [9.17, 15) is 9.59 Å². The number of nitrogens with zero attached hydrogens (tertiary/aromatic N) is 2. The zero-order valence-corrected chi connectivity index (χ0v) is 20.7. The number of unbranched alkanes of at least 4 members (excludes halogenated alkanes) is 6. The number of fused-ring (bicyclic) bond motifs is 1. The van der Waals surface area contributed by atoms with Crippen molar-refractivity contribution in [1.29, 1.82) is 0 Å². The molecule has 0 saturated carbocycles. The summed E-state index contributed by atoms with van der Waals surface area (Å²) >= 11 is 3.15. The zero-order valence-electron chi connectivity index (χ0n) is 19.1. The van der Waals surface area contributed by atoms with Crippen LogP contribution in [-0.2, 0) is 9.59 Å². The number of hydrogen-bond donors (Lipinski definition) is 0. The highest BCUT2D eigenvalue weighted by Crippen LogP contribution is 2.48. The first-order chi connectivity index (χ1) is 15.7. The minimum Gasteiger partial charge on any atom is -0.305 e. The molecule has 2 aromatic heterocycles. The Morgan fingerprint density at radius 3 is 1.44 bits per heavy atom. The maximum atomic E-state index is 13.7. The highest BCUT2D eigenvalue weighted by atomic mass is 32.1. The summed E-state index contributed by atoms with van der Waals surface area (Å²) in [5.74, 6) is 0.100. The Morgan fingerprint density at radius 1 is 0.656 bits per heavy atom. The molecule has 4 rings (SSSR count). The van der Waals surface area contributed by atoms with Gasteiger partial charge in [0.05, 0.1) is 22.5 Å². The maximum Gasteiger partial charge on any atom is 0.262 e. The van der Waals surface area contributed by atoms with Crippen LogP contribution in [-0.4, -0.2) is 34.7 Å². The molecule has 2 aromatic rings. The molecule has 0 spiro atoms. The summed E-state index contributed by atoms with van der Waals surface area (Å²) in [7, 11) is 0. The van der Waals surface area contributed by atoms with Gasteiger partial charge >= 0.3 is 0 Å². The third kappa shape index (κ3) is 4.35. The first-order valence-electron chi connectivity index (χ1n) is 11.9. The van der Waals surface area contributed by atoms with Gasteiger partial charge in [-0.05, 0) is 35.7 Å². The highest BCUT2D eigenvalue weighted by Gasteiger charge is 2.48. The predicted molar refractivity (Wildman–Crippen MR) is 134 cm³/mol. The minimum absolute atomic E-state index is 0.0501. The maximum absolute atomic E-state index is 13.7. The normalized spacial score (nSPS) is 16.2. The summed E-state index contributed by atoms with van der Waals surface area (Å²) in [5, 5.41) is 4.01. The van der Waals surface area contributed by atoms with Crippen LogP contribution in [0, 0.1) is 0 Å². The molecule has 0 aliphatic carbocycles. The molecule has 170 valence electrons. The number of carbonyl (C=O) groups excluding carboxylic acids is 2. The van der Waals surface area contributed by atoms with Crippen molar-refractivity contribution in [2.45, 2.75) is 65.2 Å². The van der Waals surface area contributed by atoms with E-state index in [0.29, 0.717) is 24.2 Å². The van der Waals surface area contributed by atoms with Gasteiger partial charge in [-0.15, -0.1) is 22.7 Å². The van der Waals surface area contributed by atoms with Crippen LogP contribution >= 0.6 is 22.7 Å². The molecule has 0 aromatic carbocycles. The fraction of sp³-hybridized carbons (Fsp3) is 0.462. The van der Waals surface area contributed by atoms with Gasteiger partial charge in [-0.1, -0.05) is 64.5 Å². The van der Waals surface area contributed by atoms with Gasteiger partial charge in [-0.2, -0.15) is 0 Å². The lowest BCUT2D eigenvalue weighted by atomic mass is 10.1. The van der Waals surface area contributed by atoms with Crippen LogP contribution in [0.5, 0.6) is 0 Å². The molecule has 4 nitrogen and oxygen atoms in total. The molecule has 0 saturated heterocycles. The molecule has 0 fully saturated rings. The van der Waals surface area contributed by atoms with Crippen molar-refractivity contribution in [2.75, 3.05) is 13.1 Å². The van der Waals surface area contributed by atoms with E-state index in [0.717, 1.165) is 59.7 Å². The Morgan fingerprint density at radius 2 is 1.09 bits per heavy atom. The molecule has 32 heavy (non-hydrogen) atoms. The van der Waals surface area contributed by atoms with E-state index < -0.39 is 0 Å². The minimum atomic E-state index is 0.0501. The van der Waals surface area contributed by atoms with Crippen molar-refractivity contribution in [3.05, 3.63) is 56.2 Å².